The molecule has 66 valence electrons. The fraction of sp³-hybridized carbons (Fsp3) is 0.714. The molecule has 1 aromatic heterocycles. The molecule has 2 N–H and O–H groups in total. The number of nitrogen functional groups attached to an aromatic ring is 1. The SMILES string of the molecule is Nc1nnc(C2CCCCS2)o1. The number of hydrogen-bond acceptors (Lipinski definition) is 5. The van der Waals surface area contributed by atoms with E-state index in [0.29, 0.717) is 11.1 Å². The van der Waals surface area contributed by atoms with E-state index in [1.807, 2.05) is 11.8 Å². The van der Waals surface area contributed by atoms with E-state index < -0.39 is 0 Å². The van der Waals surface area contributed by atoms with Gasteiger partial charge in [0, 0.05) is 0 Å². The molecule has 2 heterocycles. The summed E-state index contributed by atoms with van der Waals surface area (Å²) in [6, 6.07) is 0.177. The van der Waals surface area contributed by atoms with Gasteiger partial charge >= 0.3 is 6.01 Å². The molecule has 1 aliphatic rings. The van der Waals surface area contributed by atoms with Crippen LogP contribution in [0.15, 0.2) is 4.42 Å². The average Bonchev–Trinajstić information content (AvgIpc) is 2.54. The van der Waals surface area contributed by atoms with Gasteiger partial charge in [0.1, 0.15) is 0 Å². The second-order valence-corrected chi connectivity index (χ2v) is 4.14. The van der Waals surface area contributed by atoms with Gasteiger partial charge in [-0.15, -0.1) is 16.9 Å². The molecule has 1 unspecified atom stereocenters. The Labute approximate surface area is 74.9 Å². The van der Waals surface area contributed by atoms with Gasteiger partial charge in [-0.05, 0) is 18.6 Å². The second kappa shape index (κ2) is 3.35. The number of nitrogens with zero attached hydrogens (tertiary/aromatic N) is 2. The molecule has 0 saturated carbocycles. The van der Waals surface area contributed by atoms with Crippen molar-refractivity contribution in [3.8, 4) is 0 Å². The zero-order valence-corrected chi connectivity index (χ0v) is 7.51. The fourth-order valence-corrected chi connectivity index (χ4v) is 2.54. The van der Waals surface area contributed by atoms with Crippen LogP contribution < -0.4 is 5.73 Å². The van der Waals surface area contributed by atoms with Crippen LogP contribution in [-0.2, 0) is 0 Å². The lowest BCUT2D eigenvalue weighted by atomic mass is 10.2. The number of hydrogen-bond donors (Lipinski definition) is 1. The van der Waals surface area contributed by atoms with E-state index in [9.17, 15) is 0 Å². The van der Waals surface area contributed by atoms with E-state index in [0.717, 1.165) is 6.42 Å². The van der Waals surface area contributed by atoms with Crippen molar-refractivity contribution in [1.29, 1.82) is 0 Å². The van der Waals surface area contributed by atoms with Gasteiger partial charge in [-0.3, -0.25) is 0 Å². The Kier molecular flexibility index (Phi) is 2.21. The normalized spacial score (nSPS) is 24.2. The molecule has 0 aliphatic carbocycles. The summed E-state index contributed by atoms with van der Waals surface area (Å²) in [5.41, 5.74) is 5.34. The maximum atomic E-state index is 5.34. The van der Waals surface area contributed by atoms with Gasteiger partial charge in [-0.2, -0.15) is 0 Å². The molecule has 0 amide bonds. The van der Waals surface area contributed by atoms with Gasteiger partial charge < -0.3 is 10.2 Å². The van der Waals surface area contributed by atoms with Crippen molar-refractivity contribution in [2.75, 3.05) is 11.5 Å². The number of nitrogens with two attached hydrogens (primary N) is 1. The van der Waals surface area contributed by atoms with Crippen LogP contribution in [0, 0.1) is 0 Å². The largest absolute Gasteiger partial charge is 0.407 e. The summed E-state index contributed by atoms with van der Waals surface area (Å²) in [4.78, 5) is 0. The van der Waals surface area contributed by atoms with Crippen LogP contribution in [0.1, 0.15) is 30.4 Å². The van der Waals surface area contributed by atoms with Crippen LogP contribution in [0.5, 0.6) is 0 Å². The van der Waals surface area contributed by atoms with Crippen LogP contribution in [-0.4, -0.2) is 16.0 Å². The highest BCUT2D eigenvalue weighted by Crippen LogP contribution is 2.37. The first-order valence-electron chi connectivity index (χ1n) is 4.07. The van der Waals surface area contributed by atoms with E-state index in [2.05, 4.69) is 10.2 Å². The zero-order valence-electron chi connectivity index (χ0n) is 6.69. The molecule has 1 fully saturated rings. The first-order valence-corrected chi connectivity index (χ1v) is 5.11. The zero-order chi connectivity index (χ0) is 8.39. The fourth-order valence-electron chi connectivity index (χ4n) is 1.31. The highest BCUT2D eigenvalue weighted by atomic mass is 32.2. The van der Waals surface area contributed by atoms with Gasteiger partial charge in [-0.1, -0.05) is 11.5 Å². The van der Waals surface area contributed by atoms with Gasteiger partial charge in [0.05, 0.1) is 5.25 Å². The molecule has 12 heavy (non-hydrogen) atoms. The number of thioether (sulfide) groups is 1. The predicted octanol–water partition coefficient (Wildman–Crippen LogP) is 1.61. The van der Waals surface area contributed by atoms with Crippen molar-refractivity contribution in [1.82, 2.24) is 10.2 Å². The molecule has 2 rings (SSSR count). The van der Waals surface area contributed by atoms with Crippen LogP contribution in [0.4, 0.5) is 6.01 Å². The average molecular weight is 185 g/mol. The molecular weight excluding hydrogens is 174 g/mol. The molecule has 0 spiro atoms. The van der Waals surface area contributed by atoms with E-state index in [-0.39, 0.29) is 6.01 Å². The molecule has 1 saturated heterocycles. The monoisotopic (exact) mass is 185 g/mol. The molecule has 4 nitrogen and oxygen atoms in total. The summed E-state index contributed by atoms with van der Waals surface area (Å²) >= 11 is 1.88. The highest BCUT2D eigenvalue weighted by molar-refractivity contribution is 7.99. The molecule has 1 aromatic rings. The Balaban J connectivity index is 2.08. The topological polar surface area (TPSA) is 64.9 Å². The van der Waals surface area contributed by atoms with E-state index in [1.165, 1.54) is 18.6 Å². The van der Waals surface area contributed by atoms with Crippen molar-refractivity contribution in [2.24, 2.45) is 0 Å². The lowest BCUT2D eigenvalue weighted by molar-refractivity contribution is 0.486. The van der Waals surface area contributed by atoms with Crippen LogP contribution >= 0.6 is 11.8 Å². The maximum Gasteiger partial charge on any atom is 0.312 e. The highest BCUT2D eigenvalue weighted by Gasteiger charge is 2.21. The summed E-state index contributed by atoms with van der Waals surface area (Å²) in [6.07, 6.45) is 3.68. The van der Waals surface area contributed by atoms with E-state index >= 15 is 0 Å². The second-order valence-electron chi connectivity index (χ2n) is 2.83. The number of anilines is 1. The van der Waals surface area contributed by atoms with E-state index in [1.54, 1.807) is 0 Å². The van der Waals surface area contributed by atoms with Crippen LogP contribution in [0.25, 0.3) is 0 Å². The Morgan fingerprint density at radius 1 is 1.42 bits per heavy atom. The third kappa shape index (κ3) is 1.55. The first kappa shape index (κ1) is 7.91. The minimum Gasteiger partial charge on any atom is -0.407 e. The summed E-state index contributed by atoms with van der Waals surface area (Å²) < 4.78 is 5.16. The van der Waals surface area contributed by atoms with Crippen molar-refractivity contribution in [3.05, 3.63) is 5.89 Å². The van der Waals surface area contributed by atoms with E-state index in [4.69, 9.17) is 10.2 Å². The smallest absolute Gasteiger partial charge is 0.312 e. The standard InChI is InChI=1S/C7H11N3OS/c8-7-10-9-6(11-7)5-3-1-2-4-12-5/h5H,1-4H2,(H2,8,10). The molecule has 1 aliphatic heterocycles. The van der Waals surface area contributed by atoms with Crippen molar-refractivity contribution in [2.45, 2.75) is 24.5 Å². The third-order valence-corrected chi connectivity index (χ3v) is 3.28. The van der Waals surface area contributed by atoms with Gasteiger partial charge in [0.25, 0.3) is 0 Å². The summed E-state index contributed by atoms with van der Waals surface area (Å²) in [6.45, 7) is 0. The lowest BCUT2D eigenvalue weighted by Crippen LogP contribution is -2.02. The molecular formula is C7H11N3OS. The first-order chi connectivity index (χ1) is 5.86. The third-order valence-electron chi connectivity index (χ3n) is 1.91. The van der Waals surface area contributed by atoms with Crippen LogP contribution in [0.2, 0.25) is 0 Å². The summed E-state index contributed by atoms with van der Waals surface area (Å²) in [7, 11) is 0. The van der Waals surface area contributed by atoms with Gasteiger partial charge in [0.2, 0.25) is 5.89 Å². The Morgan fingerprint density at radius 2 is 2.33 bits per heavy atom. The molecule has 0 radical (unpaired) electrons. The van der Waals surface area contributed by atoms with Gasteiger partial charge in [-0.25, -0.2) is 0 Å². The van der Waals surface area contributed by atoms with Crippen molar-refractivity contribution in [3.63, 3.8) is 0 Å². The van der Waals surface area contributed by atoms with Crippen LogP contribution in [0.3, 0.4) is 0 Å². The molecule has 1 atom stereocenters. The quantitative estimate of drug-likeness (QED) is 0.720. The minimum atomic E-state index is 0.177. The Morgan fingerprint density at radius 3 is 2.92 bits per heavy atom. The van der Waals surface area contributed by atoms with Gasteiger partial charge in [0.15, 0.2) is 0 Å². The molecule has 0 bridgehead atoms. The maximum absolute atomic E-state index is 5.34. The predicted molar refractivity (Wildman–Crippen MR) is 47.8 cm³/mol. The summed E-state index contributed by atoms with van der Waals surface area (Å²) in [5.74, 6) is 1.88. The van der Waals surface area contributed by atoms with Crippen molar-refractivity contribution < 1.29 is 4.42 Å². The Hall–Kier alpha value is -0.710. The minimum absolute atomic E-state index is 0.177. The van der Waals surface area contributed by atoms with Crippen molar-refractivity contribution >= 4 is 17.8 Å². The molecule has 0 aromatic carbocycles. The lowest BCUT2D eigenvalue weighted by Gasteiger charge is -2.16. The number of rotatable bonds is 1. The summed E-state index contributed by atoms with van der Waals surface area (Å²) in [5, 5.41) is 7.89. The Bertz CT molecular complexity index is 257. The molecule has 5 heteroatoms. The number of aromatic nitrogens is 2.